The van der Waals surface area contributed by atoms with Crippen molar-refractivity contribution in [1.82, 2.24) is 20.9 Å². The van der Waals surface area contributed by atoms with Gasteiger partial charge in [0.1, 0.15) is 0 Å². The second-order valence-electron chi connectivity index (χ2n) is 8.75. The van der Waals surface area contributed by atoms with Gasteiger partial charge in [-0.25, -0.2) is 0 Å². The van der Waals surface area contributed by atoms with Crippen molar-refractivity contribution >= 4 is 35.8 Å². The fraction of sp³-hybridized carbons (Fsp3) is 0.900. The highest BCUT2D eigenvalue weighted by atomic mass is 127. The fourth-order valence-corrected chi connectivity index (χ4v) is 3.87. The number of carbonyl (C=O) groups is 1. The number of aliphatic imine (C=N–C) groups is 1. The second-order valence-corrected chi connectivity index (χ2v) is 8.75. The van der Waals surface area contributed by atoms with Crippen molar-refractivity contribution < 1.29 is 4.79 Å². The molecule has 0 bridgehead atoms. The van der Waals surface area contributed by atoms with Crippen molar-refractivity contribution in [1.29, 1.82) is 0 Å². The van der Waals surface area contributed by atoms with Gasteiger partial charge in [-0.3, -0.25) is 9.79 Å². The van der Waals surface area contributed by atoms with Crippen LogP contribution in [0.2, 0.25) is 0 Å². The Hall–Kier alpha value is -0.570. The average molecular weight is 493 g/mol. The van der Waals surface area contributed by atoms with E-state index >= 15 is 0 Å². The van der Waals surface area contributed by atoms with Gasteiger partial charge in [-0.1, -0.05) is 40.0 Å². The SMILES string of the molecule is CN=C(NCCNC(=O)C(C)(C)C)NC1CCN(C2CCCCC2)CC1.I. The van der Waals surface area contributed by atoms with Crippen molar-refractivity contribution in [3.05, 3.63) is 0 Å². The molecule has 3 N–H and O–H groups in total. The van der Waals surface area contributed by atoms with Gasteiger partial charge in [0.25, 0.3) is 0 Å². The molecule has 27 heavy (non-hydrogen) atoms. The van der Waals surface area contributed by atoms with E-state index in [2.05, 4.69) is 25.8 Å². The van der Waals surface area contributed by atoms with Crippen molar-refractivity contribution in [2.24, 2.45) is 10.4 Å². The first-order chi connectivity index (χ1) is 12.4. The Kier molecular flexibility index (Phi) is 11.0. The lowest BCUT2D eigenvalue weighted by Gasteiger charge is -2.39. The summed E-state index contributed by atoms with van der Waals surface area (Å²) in [7, 11) is 1.81. The van der Waals surface area contributed by atoms with Crippen LogP contribution in [0.1, 0.15) is 65.7 Å². The molecule has 0 unspecified atom stereocenters. The quantitative estimate of drug-likeness (QED) is 0.239. The minimum atomic E-state index is -0.341. The van der Waals surface area contributed by atoms with Gasteiger partial charge in [0.15, 0.2) is 5.96 Å². The van der Waals surface area contributed by atoms with E-state index in [1.54, 1.807) is 7.05 Å². The van der Waals surface area contributed by atoms with Gasteiger partial charge in [0.2, 0.25) is 5.91 Å². The first kappa shape index (κ1) is 24.5. The summed E-state index contributed by atoms with van der Waals surface area (Å²) in [6.07, 6.45) is 9.38. The molecule has 0 aromatic rings. The molecule has 1 aliphatic heterocycles. The number of guanidine groups is 1. The summed E-state index contributed by atoms with van der Waals surface area (Å²) in [6, 6.07) is 1.32. The summed E-state index contributed by atoms with van der Waals surface area (Å²) in [5.41, 5.74) is -0.341. The van der Waals surface area contributed by atoms with Crippen LogP contribution in [0.3, 0.4) is 0 Å². The maximum absolute atomic E-state index is 11.9. The van der Waals surface area contributed by atoms with Crippen LogP contribution in [-0.4, -0.2) is 62.1 Å². The molecule has 0 spiro atoms. The predicted molar refractivity (Wildman–Crippen MR) is 124 cm³/mol. The van der Waals surface area contributed by atoms with Crippen molar-refractivity contribution in [3.63, 3.8) is 0 Å². The molecule has 0 atom stereocenters. The number of amides is 1. The number of rotatable bonds is 5. The molecule has 1 saturated carbocycles. The van der Waals surface area contributed by atoms with E-state index in [0.29, 0.717) is 19.1 Å². The molecule has 0 aromatic carbocycles. The van der Waals surface area contributed by atoms with Gasteiger partial charge >= 0.3 is 0 Å². The number of nitrogens with one attached hydrogen (secondary N) is 3. The molecular formula is C20H40IN5O. The first-order valence-corrected chi connectivity index (χ1v) is 10.4. The van der Waals surface area contributed by atoms with E-state index in [1.807, 2.05) is 20.8 Å². The number of hydrogen-bond donors (Lipinski definition) is 3. The molecule has 2 fully saturated rings. The molecule has 1 heterocycles. The van der Waals surface area contributed by atoms with Gasteiger partial charge in [-0.2, -0.15) is 0 Å². The van der Waals surface area contributed by atoms with Crippen LogP contribution in [0.4, 0.5) is 0 Å². The van der Waals surface area contributed by atoms with E-state index in [9.17, 15) is 4.79 Å². The minimum absolute atomic E-state index is 0. The molecule has 1 aliphatic carbocycles. The van der Waals surface area contributed by atoms with Gasteiger partial charge in [-0.15, -0.1) is 24.0 Å². The van der Waals surface area contributed by atoms with Crippen LogP contribution in [0.5, 0.6) is 0 Å². The largest absolute Gasteiger partial charge is 0.355 e. The summed E-state index contributed by atoms with van der Waals surface area (Å²) in [6.45, 7) is 9.46. The molecule has 1 saturated heterocycles. The van der Waals surface area contributed by atoms with Crippen molar-refractivity contribution in [3.8, 4) is 0 Å². The van der Waals surface area contributed by atoms with Crippen molar-refractivity contribution in [2.75, 3.05) is 33.2 Å². The number of likely N-dealkylation sites (tertiary alicyclic amines) is 1. The summed E-state index contributed by atoms with van der Waals surface area (Å²) < 4.78 is 0. The number of halogens is 1. The van der Waals surface area contributed by atoms with E-state index in [1.165, 1.54) is 58.0 Å². The normalized spacial score (nSPS) is 20.7. The lowest BCUT2D eigenvalue weighted by molar-refractivity contribution is -0.128. The Bertz CT molecular complexity index is 463. The van der Waals surface area contributed by atoms with Crippen LogP contribution >= 0.6 is 24.0 Å². The van der Waals surface area contributed by atoms with Gasteiger partial charge in [-0.05, 0) is 25.7 Å². The molecule has 6 nitrogen and oxygen atoms in total. The molecule has 7 heteroatoms. The highest BCUT2D eigenvalue weighted by molar-refractivity contribution is 14.0. The maximum Gasteiger partial charge on any atom is 0.225 e. The van der Waals surface area contributed by atoms with Crippen LogP contribution in [0.25, 0.3) is 0 Å². The summed E-state index contributed by atoms with van der Waals surface area (Å²) >= 11 is 0. The third-order valence-corrected chi connectivity index (χ3v) is 5.57. The van der Waals surface area contributed by atoms with Gasteiger partial charge in [0, 0.05) is 50.7 Å². The fourth-order valence-electron chi connectivity index (χ4n) is 3.87. The smallest absolute Gasteiger partial charge is 0.225 e. The molecule has 158 valence electrons. The number of hydrogen-bond acceptors (Lipinski definition) is 3. The monoisotopic (exact) mass is 493 g/mol. The molecule has 2 rings (SSSR count). The average Bonchev–Trinajstić information content (AvgIpc) is 2.64. The Morgan fingerprint density at radius 1 is 1.00 bits per heavy atom. The summed E-state index contributed by atoms with van der Waals surface area (Å²) in [5.74, 6) is 0.920. The maximum atomic E-state index is 11.9. The van der Waals surface area contributed by atoms with Gasteiger partial charge < -0.3 is 20.9 Å². The Labute approximate surface area is 182 Å². The topological polar surface area (TPSA) is 68.8 Å². The Morgan fingerprint density at radius 3 is 2.15 bits per heavy atom. The standard InChI is InChI=1S/C20H39N5O.HI/c1-20(2,3)18(26)22-12-13-23-19(21-4)24-16-10-14-25(15-11-16)17-8-6-5-7-9-17;/h16-17H,5-15H2,1-4H3,(H,22,26)(H2,21,23,24);1H. The predicted octanol–water partition coefficient (Wildman–Crippen LogP) is 2.73. The number of piperidine rings is 1. The molecule has 0 radical (unpaired) electrons. The first-order valence-electron chi connectivity index (χ1n) is 10.4. The highest BCUT2D eigenvalue weighted by Gasteiger charge is 2.26. The van der Waals surface area contributed by atoms with E-state index < -0.39 is 0 Å². The second kappa shape index (κ2) is 12.1. The van der Waals surface area contributed by atoms with Crippen molar-refractivity contribution in [2.45, 2.75) is 77.8 Å². The van der Waals surface area contributed by atoms with E-state index in [0.717, 1.165) is 12.0 Å². The van der Waals surface area contributed by atoms with Crippen LogP contribution < -0.4 is 16.0 Å². The number of nitrogens with zero attached hydrogens (tertiary/aromatic N) is 2. The van der Waals surface area contributed by atoms with Crippen LogP contribution in [-0.2, 0) is 4.79 Å². The third kappa shape index (κ3) is 8.54. The van der Waals surface area contributed by atoms with E-state index in [4.69, 9.17) is 0 Å². The Balaban J connectivity index is 0.00000364. The Morgan fingerprint density at radius 2 is 1.59 bits per heavy atom. The molecule has 2 aliphatic rings. The van der Waals surface area contributed by atoms with Crippen LogP contribution in [0.15, 0.2) is 4.99 Å². The van der Waals surface area contributed by atoms with Crippen LogP contribution in [0, 0.1) is 5.41 Å². The minimum Gasteiger partial charge on any atom is -0.355 e. The third-order valence-electron chi connectivity index (χ3n) is 5.57. The summed E-state index contributed by atoms with van der Waals surface area (Å²) in [4.78, 5) is 18.9. The zero-order valence-corrected chi connectivity index (χ0v) is 20.0. The zero-order chi connectivity index (χ0) is 19.0. The lowest BCUT2D eigenvalue weighted by Crippen LogP contribution is -2.51. The number of carbonyl (C=O) groups excluding carboxylic acids is 1. The van der Waals surface area contributed by atoms with Gasteiger partial charge in [0.05, 0.1) is 0 Å². The summed E-state index contributed by atoms with van der Waals surface area (Å²) in [5, 5.41) is 9.81. The molecule has 1 amide bonds. The highest BCUT2D eigenvalue weighted by Crippen LogP contribution is 2.25. The molecular weight excluding hydrogens is 453 g/mol. The molecule has 0 aromatic heterocycles. The van der Waals surface area contributed by atoms with E-state index in [-0.39, 0.29) is 35.3 Å². The zero-order valence-electron chi connectivity index (χ0n) is 17.6. The lowest BCUT2D eigenvalue weighted by atomic mass is 9.92.